The van der Waals surface area contributed by atoms with Crippen molar-refractivity contribution < 1.29 is 73.9 Å². The second-order valence-electron chi connectivity index (χ2n) is 1.57. The molecule has 0 bridgehead atoms. The van der Waals surface area contributed by atoms with Crippen LogP contribution in [0.1, 0.15) is 6.42 Å². The van der Waals surface area contributed by atoms with E-state index in [-0.39, 0.29) is 73.9 Å². The third kappa shape index (κ3) is 6.50. The normalized spacial score (nSPS) is 11.5. The molecule has 1 aliphatic rings. The summed E-state index contributed by atoms with van der Waals surface area (Å²) in [6.07, 6.45) is 7.97. The van der Waals surface area contributed by atoms with E-state index in [2.05, 4.69) is 22.9 Å². The first-order valence-corrected chi connectivity index (χ1v) is 7.86. The van der Waals surface area contributed by atoms with E-state index >= 15 is 0 Å². The molecule has 0 heterocycles. The average molecular weight is 498 g/mol. The van der Waals surface area contributed by atoms with Gasteiger partial charge < -0.3 is 50.9 Å². The number of hydrogen-bond acceptors (Lipinski definition) is 0. The third-order valence-electron chi connectivity index (χ3n) is 1.09. The zero-order valence-electron chi connectivity index (χ0n) is 5.57. The molecule has 57 valence electrons. The summed E-state index contributed by atoms with van der Waals surface area (Å²) >= 11 is -0.221. The summed E-state index contributed by atoms with van der Waals surface area (Å²) in [7, 11) is 0. The van der Waals surface area contributed by atoms with Gasteiger partial charge in [0.25, 0.3) is 0 Å². The first-order chi connectivity index (χ1) is 3.43. The van der Waals surface area contributed by atoms with E-state index in [9.17, 15) is 0 Å². The van der Waals surface area contributed by atoms with Crippen LogP contribution in [0.15, 0.2) is 21.6 Å². The molecule has 0 amide bonds. The topological polar surface area (TPSA) is 0 Å². The van der Waals surface area contributed by atoms with E-state index in [1.807, 2.05) is 0 Å². The molecule has 4 heteroatoms. The molecule has 0 spiro atoms. The molecule has 1 rings (SSSR count). The van der Waals surface area contributed by atoms with Crippen molar-refractivity contribution in [3.05, 3.63) is 21.6 Å². The van der Waals surface area contributed by atoms with Gasteiger partial charge in [0.2, 0.25) is 0 Å². The molecule has 10 heavy (non-hydrogen) atoms. The van der Waals surface area contributed by atoms with E-state index in [1.54, 1.807) is 3.33 Å². The van der Waals surface area contributed by atoms with Crippen LogP contribution < -0.4 is 50.9 Å². The molecule has 0 unspecified atom stereocenters. The van der Waals surface area contributed by atoms with Gasteiger partial charge in [0.1, 0.15) is 0 Å². The van der Waals surface area contributed by atoms with Crippen LogP contribution >= 0.6 is 0 Å². The number of hydrogen-bond donors (Lipinski definition) is 0. The van der Waals surface area contributed by atoms with Crippen molar-refractivity contribution in [3.8, 4) is 0 Å². The Hall–Kier alpha value is 1.79. The van der Waals surface area contributed by atoms with Gasteiger partial charge in [-0.05, 0) is 0 Å². The molecule has 0 aromatic heterocycles. The molecule has 0 saturated carbocycles. The fourth-order valence-electron chi connectivity index (χ4n) is 0.633. The fraction of sp³-hybridized carbons (Fsp3) is 0.333. The van der Waals surface area contributed by atoms with Crippen molar-refractivity contribution in [3.63, 3.8) is 0 Å². The zero-order valence-corrected chi connectivity index (χ0v) is 13.9. The van der Waals surface area contributed by atoms with Gasteiger partial charge in [0, 0.05) is 0 Å². The van der Waals surface area contributed by atoms with Gasteiger partial charge in [-0.15, -0.1) is 0 Å². The summed E-state index contributed by atoms with van der Waals surface area (Å²) in [5, 5.41) is 0. The average Bonchev–Trinajstić information content (AvgIpc) is 2.14. The SMILES string of the molecule is [Br-].[Br-].[Br-].[CH3][Hf+3][C]1=CC=CC1. The van der Waals surface area contributed by atoms with Crippen molar-refractivity contribution in [1.82, 2.24) is 0 Å². The van der Waals surface area contributed by atoms with Crippen molar-refractivity contribution in [2.75, 3.05) is 0 Å². The molecular weight excluding hydrogens is 490 g/mol. The molecule has 0 saturated heterocycles. The molecule has 0 nitrogen and oxygen atoms in total. The number of halogens is 3. The molecule has 0 radical (unpaired) electrons. The van der Waals surface area contributed by atoms with Gasteiger partial charge in [-0.2, -0.15) is 0 Å². The summed E-state index contributed by atoms with van der Waals surface area (Å²) in [6, 6.07) is 0. The van der Waals surface area contributed by atoms with Gasteiger partial charge in [-0.25, -0.2) is 0 Å². The summed E-state index contributed by atoms with van der Waals surface area (Å²) in [5.74, 6) is 0. The van der Waals surface area contributed by atoms with Gasteiger partial charge in [-0.1, -0.05) is 0 Å². The number of allylic oxidation sites excluding steroid dienone is 4. The summed E-state index contributed by atoms with van der Waals surface area (Å²) < 4.78 is 4.14. The van der Waals surface area contributed by atoms with Crippen LogP contribution in [-0.4, -0.2) is 0 Å². The van der Waals surface area contributed by atoms with Crippen LogP contribution in [0.5, 0.6) is 0 Å². The zero-order chi connectivity index (χ0) is 5.11. The van der Waals surface area contributed by atoms with Gasteiger partial charge in [-0.3, -0.25) is 0 Å². The molecule has 0 atom stereocenters. The van der Waals surface area contributed by atoms with Crippen LogP contribution in [-0.2, 0) is 22.9 Å². The number of rotatable bonds is 1. The first kappa shape index (κ1) is 17.8. The molecule has 0 aromatic carbocycles. The Kier molecular flexibility index (Phi) is 19.2. The Labute approximate surface area is 105 Å². The minimum absolute atomic E-state index is 0. The van der Waals surface area contributed by atoms with Gasteiger partial charge >= 0.3 is 55.6 Å². The van der Waals surface area contributed by atoms with Crippen LogP contribution in [0, 0.1) is 0 Å². The predicted octanol–water partition coefficient (Wildman–Crippen LogP) is -7.03. The van der Waals surface area contributed by atoms with Crippen molar-refractivity contribution in [1.29, 1.82) is 0 Å². The Morgan fingerprint density at radius 2 is 1.90 bits per heavy atom. The first-order valence-electron chi connectivity index (χ1n) is 2.47. The van der Waals surface area contributed by atoms with E-state index in [1.165, 1.54) is 6.42 Å². The van der Waals surface area contributed by atoms with Gasteiger partial charge in [0.15, 0.2) is 0 Å². The van der Waals surface area contributed by atoms with E-state index < -0.39 is 0 Å². The predicted molar refractivity (Wildman–Crippen MR) is 27.7 cm³/mol. The van der Waals surface area contributed by atoms with Crippen molar-refractivity contribution >= 4 is 0 Å². The summed E-state index contributed by atoms with van der Waals surface area (Å²) in [4.78, 5) is 0. The summed E-state index contributed by atoms with van der Waals surface area (Å²) in [6.45, 7) is 0. The third-order valence-corrected chi connectivity index (χ3v) is 4.73. The Balaban J connectivity index is -0.000000163. The fourth-order valence-corrected chi connectivity index (χ4v) is 2.73. The van der Waals surface area contributed by atoms with Crippen LogP contribution in [0.2, 0.25) is 4.68 Å². The Morgan fingerprint density at radius 1 is 1.30 bits per heavy atom. The molecule has 0 aliphatic heterocycles. The van der Waals surface area contributed by atoms with E-state index in [4.69, 9.17) is 0 Å². The van der Waals surface area contributed by atoms with Crippen LogP contribution in [0.4, 0.5) is 0 Å². The van der Waals surface area contributed by atoms with Crippen molar-refractivity contribution in [2.24, 2.45) is 0 Å². The Bertz CT molecular complexity index is 120. The minimum atomic E-state index is -0.221. The maximum absolute atomic E-state index is 2.39. The molecule has 0 N–H and O–H groups in total. The summed E-state index contributed by atoms with van der Waals surface area (Å²) in [5.41, 5.74) is 0. The maximum atomic E-state index is 2.39. The van der Waals surface area contributed by atoms with E-state index in [0.29, 0.717) is 0 Å². The monoisotopic (exact) mass is 497 g/mol. The van der Waals surface area contributed by atoms with Crippen LogP contribution in [0.3, 0.4) is 0 Å². The second kappa shape index (κ2) is 10.8. The quantitative estimate of drug-likeness (QED) is 0.316. The standard InChI is InChI=1S/C5H5.CH3.3BrH.Hf/c1-2-4-5-3-1;;;;;/h1-3H,4H2;1H3;3*1H;/q;;;;;+3/p-3. The van der Waals surface area contributed by atoms with Crippen molar-refractivity contribution in [2.45, 2.75) is 11.1 Å². The van der Waals surface area contributed by atoms with Crippen LogP contribution in [0.25, 0.3) is 0 Å². The molecule has 1 aliphatic carbocycles. The van der Waals surface area contributed by atoms with E-state index in [0.717, 1.165) is 0 Å². The molecular formula is C6H8Br3Hf. The molecule has 0 aromatic rings. The second-order valence-corrected chi connectivity index (χ2v) is 5.68. The molecule has 0 fully saturated rings. The Morgan fingerprint density at radius 3 is 2.10 bits per heavy atom. The van der Waals surface area contributed by atoms with Gasteiger partial charge in [0.05, 0.1) is 0 Å².